The lowest BCUT2D eigenvalue weighted by atomic mass is 9.86. The molecule has 6 rings (SSSR count). The molecule has 10 nitrogen and oxygen atoms in total. The Kier molecular flexibility index (Phi) is 4.95. The molecule has 2 aliphatic heterocycles. The summed E-state index contributed by atoms with van der Waals surface area (Å²) in [6.45, 7) is 1.61. The number of ether oxygens (including phenoxy) is 1. The van der Waals surface area contributed by atoms with Gasteiger partial charge in [0.15, 0.2) is 11.4 Å². The number of nitrogen functional groups attached to an aromatic ring is 1. The second-order valence-electron chi connectivity index (χ2n) is 8.99. The van der Waals surface area contributed by atoms with Gasteiger partial charge in [0.2, 0.25) is 0 Å². The summed E-state index contributed by atoms with van der Waals surface area (Å²) in [6, 6.07) is 14.1. The van der Waals surface area contributed by atoms with Crippen LogP contribution in [0.5, 0.6) is 5.75 Å². The van der Waals surface area contributed by atoms with Crippen molar-refractivity contribution in [2.24, 2.45) is 0 Å². The molecule has 0 radical (unpaired) electrons. The molecule has 4 aromatic rings. The molecule has 0 fully saturated rings. The molecule has 0 aliphatic carbocycles. The fraction of sp³-hybridized carbons (Fsp3) is 0.192. The van der Waals surface area contributed by atoms with Crippen molar-refractivity contribution in [3.8, 4) is 17.1 Å². The highest BCUT2D eigenvalue weighted by Crippen LogP contribution is 2.40. The lowest BCUT2D eigenvalue weighted by Crippen LogP contribution is -2.44. The first-order valence-electron chi connectivity index (χ1n) is 11.5. The van der Waals surface area contributed by atoms with Crippen LogP contribution in [-0.4, -0.2) is 29.0 Å². The molecule has 0 spiro atoms. The Morgan fingerprint density at radius 3 is 2.65 bits per heavy atom. The second-order valence-corrected chi connectivity index (χ2v) is 10.5. The molecule has 11 heteroatoms. The van der Waals surface area contributed by atoms with Crippen molar-refractivity contribution < 1.29 is 27.2 Å². The molecule has 0 bridgehead atoms. The normalized spacial score (nSPS) is 18.2. The quantitative estimate of drug-likeness (QED) is 0.207. The first-order chi connectivity index (χ1) is 17.6. The van der Waals surface area contributed by atoms with E-state index in [0.717, 1.165) is 0 Å². The number of esters is 1. The van der Waals surface area contributed by atoms with E-state index in [1.807, 2.05) is 0 Å². The van der Waals surface area contributed by atoms with Gasteiger partial charge in [0, 0.05) is 16.5 Å². The van der Waals surface area contributed by atoms with Gasteiger partial charge in [0.25, 0.3) is 5.56 Å². The molecular formula is C26H21N3O7S. The van der Waals surface area contributed by atoms with E-state index in [0.29, 0.717) is 27.9 Å². The molecule has 0 amide bonds. The molecule has 3 N–H and O–H groups in total. The lowest BCUT2D eigenvalue weighted by molar-refractivity contribution is -0.172. The average molecular weight is 520 g/mol. The fourth-order valence-corrected chi connectivity index (χ4v) is 5.85. The van der Waals surface area contributed by atoms with Gasteiger partial charge in [-0.1, -0.05) is 25.1 Å². The largest absolute Gasteiger partial charge is 0.458 e. The monoisotopic (exact) mass is 519 g/mol. The minimum Gasteiger partial charge on any atom is -0.458 e. The van der Waals surface area contributed by atoms with Gasteiger partial charge in [-0.05, 0) is 42.8 Å². The number of carbonyl (C=O) groups excluding carboxylic acids is 1. The van der Waals surface area contributed by atoms with Crippen molar-refractivity contribution in [3.63, 3.8) is 0 Å². The number of carbonyl (C=O) groups is 1. The number of hydrogen-bond acceptors (Lipinski definition) is 9. The molecule has 1 atom stereocenters. The van der Waals surface area contributed by atoms with E-state index in [1.54, 1.807) is 43.3 Å². The minimum absolute atomic E-state index is 0.00475. The highest BCUT2D eigenvalue weighted by Gasteiger charge is 2.45. The molecule has 4 heterocycles. The van der Waals surface area contributed by atoms with Gasteiger partial charge in [-0.3, -0.25) is 4.79 Å². The van der Waals surface area contributed by atoms with Gasteiger partial charge in [-0.2, -0.15) is 8.42 Å². The van der Waals surface area contributed by atoms with Crippen molar-refractivity contribution >= 4 is 32.7 Å². The highest BCUT2D eigenvalue weighted by atomic mass is 32.2. The summed E-state index contributed by atoms with van der Waals surface area (Å²) in [4.78, 5) is 30.3. The van der Waals surface area contributed by atoms with Crippen LogP contribution in [0, 0.1) is 0 Å². The van der Waals surface area contributed by atoms with Crippen molar-refractivity contribution in [1.82, 2.24) is 9.55 Å². The van der Waals surface area contributed by atoms with Crippen LogP contribution in [-0.2, 0) is 38.4 Å². The van der Waals surface area contributed by atoms with Crippen LogP contribution in [0.3, 0.4) is 0 Å². The Bertz CT molecular complexity index is 1800. The second kappa shape index (κ2) is 7.89. The Hall–Kier alpha value is -4.22. The summed E-state index contributed by atoms with van der Waals surface area (Å²) in [7, 11) is -4.10. The number of pyridine rings is 2. The van der Waals surface area contributed by atoms with E-state index in [9.17, 15) is 23.1 Å². The van der Waals surface area contributed by atoms with Crippen LogP contribution >= 0.6 is 0 Å². The van der Waals surface area contributed by atoms with Crippen LogP contribution in [0.15, 0.2) is 64.3 Å². The van der Waals surface area contributed by atoms with Gasteiger partial charge in [-0.25, -0.2) is 9.78 Å². The maximum Gasteiger partial charge on any atom is 0.343 e. The number of aliphatic hydroxyl groups is 1. The maximum atomic E-state index is 13.3. The number of nitrogens with two attached hydrogens (primary N) is 1. The number of hydrogen-bond donors (Lipinski definition) is 2. The molecule has 0 saturated heterocycles. The average Bonchev–Trinajstić information content (AvgIpc) is 3.26. The number of aromatic nitrogens is 2. The third kappa shape index (κ3) is 3.35. The smallest absolute Gasteiger partial charge is 0.343 e. The molecule has 188 valence electrons. The molecule has 2 aromatic heterocycles. The lowest BCUT2D eigenvalue weighted by Gasteiger charge is -2.31. The number of benzene rings is 2. The Morgan fingerprint density at radius 2 is 1.92 bits per heavy atom. The molecule has 0 saturated carbocycles. The van der Waals surface area contributed by atoms with Crippen molar-refractivity contribution in [2.75, 3.05) is 5.73 Å². The Morgan fingerprint density at radius 1 is 1.16 bits per heavy atom. The topological polar surface area (TPSA) is 151 Å². The summed E-state index contributed by atoms with van der Waals surface area (Å²) in [5.74, 6) is -0.827. The van der Waals surface area contributed by atoms with Crippen LogP contribution < -0.4 is 15.5 Å². The number of nitrogens with zero attached hydrogens (tertiary/aromatic N) is 2. The van der Waals surface area contributed by atoms with Crippen LogP contribution in [0.2, 0.25) is 0 Å². The zero-order valence-electron chi connectivity index (χ0n) is 19.6. The zero-order chi connectivity index (χ0) is 26.1. The maximum absolute atomic E-state index is 13.3. The summed E-state index contributed by atoms with van der Waals surface area (Å²) >= 11 is 0. The Labute approximate surface area is 211 Å². The first-order valence-corrected chi connectivity index (χ1v) is 12.9. The van der Waals surface area contributed by atoms with Gasteiger partial charge in [0.05, 0.1) is 34.7 Å². The third-order valence-corrected chi connectivity index (χ3v) is 8.17. The van der Waals surface area contributed by atoms with Crippen molar-refractivity contribution in [1.29, 1.82) is 0 Å². The SMILES string of the molecule is CCC1(O)C(=O)OCc2c1cc1n(c2=O)Cc2cc3c(N)c(OS(=O)(=O)c4ccccc4)ccc3nc2-1. The Balaban J connectivity index is 1.46. The number of rotatable bonds is 4. The molecule has 2 aliphatic rings. The van der Waals surface area contributed by atoms with Gasteiger partial charge >= 0.3 is 16.1 Å². The third-order valence-electron chi connectivity index (χ3n) is 6.92. The summed E-state index contributed by atoms with van der Waals surface area (Å²) in [5.41, 5.74) is 6.69. The number of cyclic esters (lactones) is 1. The van der Waals surface area contributed by atoms with Crippen LogP contribution in [0.4, 0.5) is 5.69 Å². The van der Waals surface area contributed by atoms with E-state index >= 15 is 0 Å². The van der Waals surface area contributed by atoms with E-state index in [4.69, 9.17) is 19.6 Å². The summed E-state index contributed by atoms with van der Waals surface area (Å²) < 4.78 is 37.3. The van der Waals surface area contributed by atoms with Crippen molar-refractivity contribution in [2.45, 2.75) is 37.0 Å². The molecule has 37 heavy (non-hydrogen) atoms. The molecular weight excluding hydrogens is 498 g/mol. The number of fused-ring (bicyclic) bond motifs is 5. The number of anilines is 1. The first kappa shape index (κ1) is 23.2. The van der Waals surface area contributed by atoms with E-state index in [-0.39, 0.29) is 52.6 Å². The molecule has 2 aromatic carbocycles. The summed E-state index contributed by atoms with van der Waals surface area (Å²) in [5, 5.41) is 11.5. The van der Waals surface area contributed by atoms with E-state index < -0.39 is 21.7 Å². The van der Waals surface area contributed by atoms with Crippen LogP contribution in [0.1, 0.15) is 30.0 Å². The minimum atomic E-state index is -4.10. The summed E-state index contributed by atoms with van der Waals surface area (Å²) in [6.07, 6.45) is 0.0466. The van der Waals surface area contributed by atoms with E-state index in [1.165, 1.54) is 22.8 Å². The van der Waals surface area contributed by atoms with Gasteiger partial charge in [0.1, 0.15) is 11.5 Å². The fourth-order valence-electron chi connectivity index (χ4n) is 4.88. The van der Waals surface area contributed by atoms with Crippen LogP contribution in [0.25, 0.3) is 22.3 Å². The predicted molar refractivity (Wildman–Crippen MR) is 133 cm³/mol. The van der Waals surface area contributed by atoms with Crippen molar-refractivity contribution in [3.05, 3.63) is 81.6 Å². The molecule has 1 unspecified atom stereocenters. The highest BCUT2D eigenvalue weighted by molar-refractivity contribution is 7.87. The van der Waals surface area contributed by atoms with Gasteiger partial charge in [-0.15, -0.1) is 0 Å². The van der Waals surface area contributed by atoms with E-state index in [2.05, 4.69) is 0 Å². The zero-order valence-corrected chi connectivity index (χ0v) is 20.4. The van der Waals surface area contributed by atoms with Gasteiger partial charge < -0.3 is 24.3 Å². The standard InChI is InChI=1S/C26H21N3O7S/c1-2-26(32)18-11-20-23-14(12-29(20)24(30)17(18)13-35-25(26)31)10-16-19(28-23)8-9-21(22(16)27)36-37(33,34)15-6-4-3-5-7-15/h3-11,32H,2,12-13,27H2,1H3. The predicted octanol–water partition coefficient (Wildman–Crippen LogP) is 2.43.